The molecule has 0 spiro atoms. The average molecular weight is 396 g/mol. The maximum absolute atomic E-state index is 13.4. The minimum atomic E-state index is -0.529. The fourth-order valence-corrected chi connectivity index (χ4v) is 4.24. The van der Waals surface area contributed by atoms with Gasteiger partial charge in [0.05, 0.1) is 23.6 Å². The minimum absolute atomic E-state index is 0.0127. The molecule has 0 atom stereocenters. The molecule has 7 nitrogen and oxygen atoms in total. The number of likely N-dealkylation sites (tertiary alicyclic amines) is 1. The number of aryl methyl sites for hydroxylation is 1. The number of carbonyl (C=O) groups excluding carboxylic acids is 2. The second-order valence-electron chi connectivity index (χ2n) is 7.98. The number of amides is 2. The molecule has 0 saturated carbocycles. The van der Waals surface area contributed by atoms with Crippen molar-refractivity contribution < 1.29 is 14.3 Å². The van der Waals surface area contributed by atoms with Crippen molar-refractivity contribution in [3.63, 3.8) is 0 Å². The Morgan fingerprint density at radius 3 is 2.55 bits per heavy atom. The van der Waals surface area contributed by atoms with Gasteiger partial charge in [0, 0.05) is 39.0 Å². The molecule has 2 aliphatic rings. The first-order chi connectivity index (χ1) is 14.1. The van der Waals surface area contributed by atoms with Gasteiger partial charge in [0.25, 0.3) is 0 Å². The van der Waals surface area contributed by atoms with Crippen LogP contribution in [0.25, 0.3) is 0 Å². The zero-order valence-corrected chi connectivity index (χ0v) is 16.8. The lowest BCUT2D eigenvalue weighted by atomic mass is 9.72. The summed E-state index contributed by atoms with van der Waals surface area (Å²) in [6, 6.07) is 11.9. The molecule has 1 N–H and O–H groups in total. The summed E-state index contributed by atoms with van der Waals surface area (Å²) >= 11 is 0. The summed E-state index contributed by atoms with van der Waals surface area (Å²) in [6.45, 7) is 5.27. The molecule has 3 heterocycles. The summed E-state index contributed by atoms with van der Waals surface area (Å²) < 4.78 is 7.35. The Morgan fingerprint density at radius 2 is 1.90 bits per heavy atom. The van der Waals surface area contributed by atoms with Crippen LogP contribution < -0.4 is 5.32 Å². The van der Waals surface area contributed by atoms with Crippen molar-refractivity contribution in [2.24, 2.45) is 5.92 Å². The Bertz CT molecular complexity index is 852. The van der Waals surface area contributed by atoms with Gasteiger partial charge in [-0.3, -0.25) is 14.3 Å². The zero-order chi connectivity index (χ0) is 20.3. The van der Waals surface area contributed by atoms with E-state index in [9.17, 15) is 9.59 Å². The van der Waals surface area contributed by atoms with Crippen molar-refractivity contribution in [3.05, 3.63) is 53.9 Å². The predicted molar refractivity (Wildman–Crippen MR) is 108 cm³/mol. The zero-order valence-electron chi connectivity index (χ0n) is 16.8. The largest absolute Gasteiger partial charge is 0.381 e. The fraction of sp³-hybridized carbons (Fsp3) is 0.500. The Labute approximate surface area is 171 Å². The minimum Gasteiger partial charge on any atom is -0.381 e. The van der Waals surface area contributed by atoms with Crippen molar-refractivity contribution in [2.75, 3.05) is 32.8 Å². The molecule has 2 saturated heterocycles. The lowest BCUT2D eigenvalue weighted by Gasteiger charge is -2.46. The Kier molecular flexibility index (Phi) is 5.67. The van der Waals surface area contributed by atoms with Gasteiger partial charge >= 0.3 is 0 Å². The van der Waals surface area contributed by atoms with E-state index in [4.69, 9.17) is 4.74 Å². The van der Waals surface area contributed by atoms with Gasteiger partial charge in [-0.1, -0.05) is 30.3 Å². The number of carbonyl (C=O) groups is 2. The second-order valence-corrected chi connectivity index (χ2v) is 7.98. The van der Waals surface area contributed by atoms with Crippen LogP contribution in [0.3, 0.4) is 0 Å². The average Bonchev–Trinajstić information content (AvgIpc) is 3.13. The monoisotopic (exact) mass is 396 g/mol. The van der Waals surface area contributed by atoms with Crippen molar-refractivity contribution in [1.82, 2.24) is 20.0 Å². The second kappa shape index (κ2) is 8.37. The summed E-state index contributed by atoms with van der Waals surface area (Å²) in [6.07, 6.45) is 3.28. The lowest BCUT2D eigenvalue weighted by molar-refractivity contribution is -0.151. The molecule has 4 rings (SSSR count). The van der Waals surface area contributed by atoms with Gasteiger partial charge < -0.3 is 15.0 Å². The predicted octanol–water partition coefficient (Wildman–Crippen LogP) is 1.51. The maximum atomic E-state index is 13.4. The molecular formula is C22H28N4O3. The van der Waals surface area contributed by atoms with Crippen LogP contribution in [0.15, 0.2) is 42.6 Å². The third kappa shape index (κ3) is 4.05. The molecule has 1 aromatic heterocycles. The standard InChI is InChI=1S/C22H28N4O3/c1-17-7-11-26(24-17)12-10-23-20(27)18-15-25(16-18)21(28)22(8-13-29-14-9-22)19-5-3-2-4-6-19/h2-7,11,18H,8-10,12-16H2,1H3,(H,23,27). The molecule has 7 heteroatoms. The van der Waals surface area contributed by atoms with Gasteiger partial charge in [0.15, 0.2) is 0 Å². The molecule has 0 unspecified atom stereocenters. The van der Waals surface area contributed by atoms with Crippen LogP contribution >= 0.6 is 0 Å². The first-order valence-electron chi connectivity index (χ1n) is 10.3. The summed E-state index contributed by atoms with van der Waals surface area (Å²) in [7, 11) is 0. The van der Waals surface area contributed by atoms with Crippen molar-refractivity contribution >= 4 is 11.8 Å². The normalized spacial score (nSPS) is 18.9. The lowest BCUT2D eigenvalue weighted by Crippen LogP contribution is -2.61. The van der Waals surface area contributed by atoms with E-state index in [1.54, 1.807) is 0 Å². The molecular weight excluding hydrogens is 368 g/mol. The number of nitrogens with zero attached hydrogens (tertiary/aromatic N) is 3. The van der Waals surface area contributed by atoms with Gasteiger partial charge in [0.1, 0.15) is 0 Å². The van der Waals surface area contributed by atoms with Gasteiger partial charge in [-0.15, -0.1) is 0 Å². The number of hydrogen-bond donors (Lipinski definition) is 1. The highest BCUT2D eigenvalue weighted by atomic mass is 16.5. The number of rotatable bonds is 6. The summed E-state index contributed by atoms with van der Waals surface area (Å²) in [5.41, 5.74) is 1.49. The molecule has 29 heavy (non-hydrogen) atoms. The quantitative estimate of drug-likeness (QED) is 0.803. The van der Waals surface area contributed by atoms with Crippen LogP contribution in [0.5, 0.6) is 0 Å². The van der Waals surface area contributed by atoms with E-state index >= 15 is 0 Å². The molecule has 2 aliphatic heterocycles. The maximum Gasteiger partial charge on any atom is 0.233 e. The van der Waals surface area contributed by atoms with E-state index in [1.165, 1.54) is 0 Å². The first-order valence-corrected chi connectivity index (χ1v) is 10.3. The number of ether oxygens (including phenoxy) is 1. The summed E-state index contributed by atoms with van der Waals surface area (Å²) in [5.74, 6) is 0.00713. The van der Waals surface area contributed by atoms with Crippen LogP contribution in [0.2, 0.25) is 0 Å². The van der Waals surface area contributed by atoms with Gasteiger partial charge in [0.2, 0.25) is 11.8 Å². The van der Waals surface area contributed by atoms with Crippen LogP contribution in [-0.2, 0) is 26.3 Å². The summed E-state index contributed by atoms with van der Waals surface area (Å²) in [4.78, 5) is 27.6. The molecule has 0 bridgehead atoms. The molecule has 0 radical (unpaired) electrons. The van der Waals surface area contributed by atoms with Crippen LogP contribution in [0.4, 0.5) is 0 Å². The Morgan fingerprint density at radius 1 is 1.17 bits per heavy atom. The van der Waals surface area contributed by atoms with Gasteiger partial charge in [-0.25, -0.2) is 0 Å². The third-order valence-electron chi connectivity index (χ3n) is 6.04. The van der Waals surface area contributed by atoms with E-state index in [-0.39, 0.29) is 17.7 Å². The third-order valence-corrected chi connectivity index (χ3v) is 6.04. The van der Waals surface area contributed by atoms with Crippen LogP contribution in [0, 0.1) is 12.8 Å². The number of nitrogens with one attached hydrogen (secondary N) is 1. The van der Waals surface area contributed by atoms with Gasteiger partial charge in [-0.2, -0.15) is 5.10 Å². The summed E-state index contributed by atoms with van der Waals surface area (Å²) in [5, 5.41) is 7.28. The topological polar surface area (TPSA) is 76.5 Å². The number of benzene rings is 1. The van der Waals surface area contributed by atoms with E-state index in [2.05, 4.69) is 10.4 Å². The van der Waals surface area contributed by atoms with Crippen molar-refractivity contribution in [3.8, 4) is 0 Å². The molecule has 2 fully saturated rings. The van der Waals surface area contributed by atoms with E-state index in [1.807, 2.05) is 59.1 Å². The highest BCUT2D eigenvalue weighted by molar-refractivity contribution is 5.91. The molecule has 2 aromatic rings. The van der Waals surface area contributed by atoms with Crippen molar-refractivity contribution in [1.29, 1.82) is 0 Å². The van der Waals surface area contributed by atoms with Crippen molar-refractivity contribution in [2.45, 2.75) is 31.7 Å². The highest BCUT2D eigenvalue weighted by Gasteiger charge is 2.47. The van der Waals surface area contributed by atoms with Gasteiger partial charge in [-0.05, 0) is 31.4 Å². The SMILES string of the molecule is Cc1ccn(CCNC(=O)C2CN(C(=O)C3(c4ccccc4)CCOCC3)C2)n1. The molecule has 2 amide bonds. The Hall–Kier alpha value is -2.67. The number of aromatic nitrogens is 2. The van der Waals surface area contributed by atoms with E-state index in [0.717, 1.165) is 11.3 Å². The Balaban J connectivity index is 1.32. The van der Waals surface area contributed by atoms with E-state index in [0.29, 0.717) is 52.2 Å². The number of hydrogen-bond acceptors (Lipinski definition) is 4. The first kappa shape index (κ1) is 19.6. The molecule has 0 aliphatic carbocycles. The highest BCUT2D eigenvalue weighted by Crippen LogP contribution is 2.38. The smallest absolute Gasteiger partial charge is 0.233 e. The fourth-order valence-electron chi connectivity index (χ4n) is 4.24. The van der Waals surface area contributed by atoms with Crippen LogP contribution in [0.1, 0.15) is 24.1 Å². The molecule has 1 aromatic carbocycles. The van der Waals surface area contributed by atoms with E-state index < -0.39 is 5.41 Å². The molecule has 154 valence electrons. The van der Waals surface area contributed by atoms with Crippen LogP contribution in [-0.4, -0.2) is 59.3 Å².